The highest BCUT2D eigenvalue weighted by Gasteiger charge is 2.57. The summed E-state index contributed by atoms with van der Waals surface area (Å²) in [5.74, 6) is -5.55. The van der Waals surface area contributed by atoms with Crippen molar-refractivity contribution >= 4 is 51.6 Å². The zero-order valence-electron chi connectivity index (χ0n) is 24.4. The molecule has 0 saturated carbocycles. The van der Waals surface area contributed by atoms with E-state index in [2.05, 4.69) is 4.98 Å². The predicted octanol–water partition coefficient (Wildman–Crippen LogP) is 6.09. The lowest BCUT2D eigenvalue weighted by Crippen LogP contribution is -2.46. The number of allylic oxidation sites excluding steroid dienone is 6. The van der Waals surface area contributed by atoms with E-state index in [1.54, 1.807) is 31.2 Å². The minimum atomic E-state index is -4.79. The molecule has 0 radical (unpaired) electrons. The van der Waals surface area contributed by atoms with Gasteiger partial charge in [-0.3, -0.25) is 24.2 Å². The standard InChI is InChI=1S/C34H25ClF3N3O5/c1-15-13-25(43)22-14-21-19(27(29(22)30(15)44)18-9-11-24(42)17-6-4-3-5-16(17)18)7-8-20-28(21)33(46)41(32(20)45)40(2)31-23(35)10-12-26(39-31)34(36,37)38/h3-7,9-13,20-21,27-28,42H,8,14H2,1-2H3/t20-,21+,27-,28-/m0/s1. The van der Waals surface area contributed by atoms with Crippen LogP contribution in [0.4, 0.5) is 19.0 Å². The smallest absolute Gasteiger partial charge is 0.433 e. The fourth-order valence-electron chi connectivity index (χ4n) is 7.46. The number of imide groups is 1. The molecule has 46 heavy (non-hydrogen) atoms. The zero-order valence-corrected chi connectivity index (χ0v) is 25.2. The van der Waals surface area contributed by atoms with E-state index < -0.39 is 53.2 Å². The van der Waals surface area contributed by atoms with Crippen molar-refractivity contribution in [2.24, 2.45) is 17.8 Å². The van der Waals surface area contributed by atoms with Gasteiger partial charge in [0.1, 0.15) is 11.4 Å². The lowest BCUT2D eigenvalue weighted by atomic mass is 9.59. The second kappa shape index (κ2) is 10.4. The first-order valence-corrected chi connectivity index (χ1v) is 14.9. The van der Waals surface area contributed by atoms with Crippen LogP contribution in [0.5, 0.6) is 5.75 Å². The number of hydrazine groups is 1. The number of phenols is 1. The number of nitrogens with zero attached hydrogens (tertiary/aromatic N) is 3. The van der Waals surface area contributed by atoms with Gasteiger partial charge in [-0.25, -0.2) is 4.98 Å². The van der Waals surface area contributed by atoms with Crippen LogP contribution in [0.3, 0.4) is 0 Å². The minimum Gasteiger partial charge on any atom is -0.507 e. The van der Waals surface area contributed by atoms with Gasteiger partial charge in [-0.2, -0.15) is 18.2 Å². The van der Waals surface area contributed by atoms with Crippen LogP contribution in [0, 0.1) is 17.8 Å². The number of halogens is 4. The number of amides is 2. The van der Waals surface area contributed by atoms with Crippen molar-refractivity contribution < 1.29 is 37.5 Å². The Kier molecular flexibility index (Phi) is 6.75. The number of fused-ring (bicyclic) bond motifs is 4. The Morgan fingerprint density at radius 2 is 1.70 bits per heavy atom. The van der Waals surface area contributed by atoms with Crippen molar-refractivity contribution in [1.29, 1.82) is 0 Å². The SMILES string of the molecule is CC1=CC(=O)C2=C(C1=O)[C@@H](c1ccc(O)c3ccccc13)C1=CC[C@@H]3C(=O)N(N(C)c4nc(C(F)(F)F)ccc4Cl)C(=O)[C@@H]3[C@@H]1C2. The van der Waals surface area contributed by atoms with Crippen LogP contribution in [0.2, 0.25) is 5.02 Å². The average Bonchev–Trinajstić information content (AvgIpc) is 3.28. The molecule has 1 aliphatic heterocycles. The van der Waals surface area contributed by atoms with E-state index in [0.29, 0.717) is 33.5 Å². The van der Waals surface area contributed by atoms with Gasteiger partial charge in [0.2, 0.25) is 0 Å². The van der Waals surface area contributed by atoms with Gasteiger partial charge in [0.25, 0.3) is 11.8 Å². The van der Waals surface area contributed by atoms with E-state index in [4.69, 9.17) is 11.6 Å². The number of carbonyl (C=O) groups excluding carboxylic acids is 4. The Morgan fingerprint density at radius 1 is 0.978 bits per heavy atom. The molecular formula is C34H25ClF3N3O5. The number of phenolic OH excluding ortho intramolecular Hbond substituents is 1. The van der Waals surface area contributed by atoms with Crippen LogP contribution in [0.1, 0.15) is 36.9 Å². The Labute approximate surface area is 265 Å². The molecule has 2 heterocycles. The van der Waals surface area contributed by atoms with Gasteiger partial charge in [0.15, 0.2) is 17.4 Å². The summed E-state index contributed by atoms with van der Waals surface area (Å²) >= 11 is 6.21. The van der Waals surface area contributed by atoms with Crippen molar-refractivity contribution in [2.45, 2.75) is 31.9 Å². The number of carbonyl (C=O) groups is 4. The number of rotatable bonds is 3. The topological polar surface area (TPSA) is 108 Å². The van der Waals surface area contributed by atoms with Crippen LogP contribution in [0.15, 0.2) is 83.0 Å². The summed E-state index contributed by atoms with van der Waals surface area (Å²) in [5.41, 5.74) is 0.987. The molecule has 3 aromatic rings. The maximum atomic E-state index is 14.2. The summed E-state index contributed by atoms with van der Waals surface area (Å²) in [6.45, 7) is 1.58. The fraction of sp³-hybridized carbons (Fsp3) is 0.265. The first-order valence-electron chi connectivity index (χ1n) is 14.6. The summed E-state index contributed by atoms with van der Waals surface area (Å²) in [7, 11) is 1.25. The van der Waals surface area contributed by atoms with Gasteiger partial charge in [-0.05, 0) is 60.9 Å². The van der Waals surface area contributed by atoms with Gasteiger partial charge in [-0.1, -0.05) is 53.6 Å². The van der Waals surface area contributed by atoms with Crippen LogP contribution < -0.4 is 5.01 Å². The lowest BCUT2D eigenvalue weighted by molar-refractivity contribution is -0.141. The van der Waals surface area contributed by atoms with Gasteiger partial charge in [0.05, 0.1) is 16.9 Å². The molecule has 0 spiro atoms. The molecule has 3 aliphatic carbocycles. The number of ketones is 2. The van der Waals surface area contributed by atoms with Crippen molar-refractivity contribution in [1.82, 2.24) is 9.99 Å². The monoisotopic (exact) mass is 647 g/mol. The van der Waals surface area contributed by atoms with Crippen LogP contribution >= 0.6 is 11.6 Å². The molecule has 7 rings (SSSR count). The number of hydrogen-bond donors (Lipinski definition) is 1. The molecule has 1 saturated heterocycles. The largest absolute Gasteiger partial charge is 0.507 e. The first-order chi connectivity index (χ1) is 21.8. The number of aromatic nitrogens is 1. The number of benzene rings is 2. The molecule has 1 aromatic heterocycles. The second-order valence-electron chi connectivity index (χ2n) is 12.0. The molecular weight excluding hydrogens is 623 g/mol. The summed E-state index contributed by atoms with van der Waals surface area (Å²) in [6.07, 6.45) is -1.50. The van der Waals surface area contributed by atoms with Crippen LogP contribution in [-0.4, -0.2) is 45.5 Å². The van der Waals surface area contributed by atoms with Crippen molar-refractivity contribution in [3.63, 3.8) is 0 Å². The Morgan fingerprint density at radius 3 is 2.41 bits per heavy atom. The third-order valence-electron chi connectivity index (χ3n) is 9.51. The second-order valence-corrected chi connectivity index (χ2v) is 12.4. The molecule has 1 N–H and O–H groups in total. The number of hydrogen-bond acceptors (Lipinski definition) is 7. The van der Waals surface area contributed by atoms with E-state index in [0.717, 1.165) is 16.1 Å². The quantitative estimate of drug-likeness (QED) is 0.208. The maximum absolute atomic E-state index is 14.2. The zero-order chi connectivity index (χ0) is 32.8. The molecule has 12 heteroatoms. The lowest BCUT2D eigenvalue weighted by Gasteiger charge is -2.42. The molecule has 4 atom stereocenters. The summed E-state index contributed by atoms with van der Waals surface area (Å²) in [5, 5.41) is 13.4. The third-order valence-corrected chi connectivity index (χ3v) is 9.81. The number of alkyl halides is 3. The summed E-state index contributed by atoms with van der Waals surface area (Å²) < 4.78 is 40.5. The number of anilines is 1. The summed E-state index contributed by atoms with van der Waals surface area (Å²) in [4.78, 5) is 58.8. The minimum absolute atomic E-state index is 0.0301. The van der Waals surface area contributed by atoms with E-state index in [-0.39, 0.29) is 46.3 Å². The average molecular weight is 648 g/mol. The van der Waals surface area contributed by atoms with E-state index >= 15 is 0 Å². The highest BCUT2D eigenvalue weighted by molar-refractivity contribution is 6.33. The van der Waals surface area contributed by atoms with Crippen LogP contribution in [-0.2, 0) is 25.4 Å². The normalized spacial score (nSPS) is 24.5. The molecule has 1 fully saturated rings. The third kappa shape index (κ3) is 4.32. The predicted molar refractivity (Wildman–Crippen MR) is 161 cm³/mol. The van der Waals surface area contributed by atoms with Crippen molar-refractivity contribution in [3.8, 4) is 5.75 Å². The number of aromatic hydroxyl groups is 1. The van der Waals surface area contributed by atoms with Gasteiger partial charge >= 0.3 is 6.18 Å². The Bertz CT molecular complexity index is 2020. The molecule has 2 aromatic carbocycles. The number of pyridine rings is 1. The van der Waals surface area contributed by atoms with Crippen molar-refractivity contribution in [3.05, 3.63) is 99.3 Å². The van der Waals surface area contributed by atoms with Gasteiger partial charge < -0.3 is 5.11 Å². The number of Topliss-reactive ketones (excluding diaryl/α,β-unsaturated/α-hetero) is 1. The first kappa shape index (κ1) is 29.9. The fourth-order valence-corrected chi connectivity index (χ4v) is 7.69. The molecule has 0 unspecified atom stereocenters. The van der Waals surface area contributed by atoms with Gasteiger partial charge in [0, 0.05) is 35.1 Å². The molecule has 2 amide bonds. The highest BCUT2D eigenvalue weighted by Crippen LogP contribution is 2.56. The van der Waals surface area contributed by atoms with E-state index in [1.165, 1.54) is 19.2 Å². The van der Waals surface area contributed by atoms with E-state index in [1.807, 2.05) is 12.1 Å². The Balaban J connectivity index is 1.35. The molecule has 0 bridgehead atoms. The molecule has 8 nitrogen and oxygen atoms in total. The highest BCUT2D eigenvalue weighted by atomic mass is 35.5. The molecule has 234 valence electrons. The van der Waals surface area contributed by atoms with Crippen molar-refractivity contribution in [2.75, 3.05) is 12.1 Å². The Hall–Kier alpha value is -4.77. The van der Waals surface area contributed by atoms with Gasteiger partial charge in [-0.15, -0.1) is 0 Å². The summed E-state index contributed by atoms with van der Waals surface area (Å²) in [6, 6.07) is 12.1. The molecule has 4 aliphatic rings. The van der Waals surface area contributed by atoms with E-state index in [9.17, 15) is 37.5 Å². The maximum Gasteiger partial charge on any atom is 0.433 e. The van der Waals surface area contributed by atoms with Crippen LogP contribution in [0.25, 0.3) is 10.8 Å².